The number of halogens is 1. The molecule has 5 nitrogen and oxygen atoms in total. The first-order valence-corrected chi connectivity index (χ1v) is 8.37. The molecule has 0 aliphatic rings. The number of aryl methyl sites for hydroxylation is 2. The van der Waals surface area contributed by atoms with E-state index in [0.717, 1.165) is 10.1 Å². The highest BCUT2D eigenvalue weighted by Crippen LogP contribution is 2.33. The smallest absolute Gasteiger partial charge is 0.258 e. The van der Waals surface area contributed by atoms with Crippen molar-refractivity contribution in [3.63, 3.8) is 0 Å². The van der Waals surface area contributed by atoms with Crippen LogP contribution in [0.15, 0.2) is 46.0 Å². The van der Waals surface area contributed by atoms with Gasteiger partial charge in [0.05, 0.1) is 16.9 Å². The van der Waals surface area contributed by atoms with Gasteiger partial charge in [-0.15, -0.1) is 0 Å². The summed E-state index contributed by atoms with van der Waals surface area (Å²) in [6.07, 6.45) is 3.51. The van der Waals surface area contributed by atoms with E-state index < -0.39 is 5.82 Å². The van der Waals surface area contributed by atoms with Gasteiger partial charge in [-0.2, -0.15) is 4.37 Å². The molecule has 1 N–H and O–H groups in total. The molecule has 0 aliphatic carbocycles. The summed E-state index contributed by atoms with van der Waals surface area (Å²) >= 11 is 2.57. The van der Waals surface area contributed by atoms with Gasteiger partial charge in [-0.3, -0.25) is 4.79 Å². The average Bonchev–Trinajstić information content (AvgIpc) is 3.11. The van der Waals surface area contributed by atoms with Gasteiger partial charge in [0, 0.05) is 29.7 Å². The Kier molecular flexibility index (Phi) is 4.44. The molecule has 1 aromatic carbocycles. The number of nitrogens with zero attached hydrogens (tertiary/aromatic N) is 3. The van der Waals surface area contributed by atoms with Crippen molar-refractivity contribution >= 4 is 34.9 Å². The molecule has 8 heteroatoms. The highest BCUT2D eigenvalue weighted by molar-refractivity contribution is 7.99. The average molecular weight is 348 g/mol. The van der Waals surface area contributed by atoms with Crippen molar-refractivity contribution in [2.24, 2.45) is 7.05 Å². The van der Waals surface area contributed by atoms with E-state index in [0.29, 0.717) is 16.9 Å². The standard InChI is InChI=1S/C15H13FN4OS2/c1-9-11(8-22-19-9)14(21)18-12-7-10(16)3-4-13(12)23-15-17-5-6-20(15)2/h3-8H,1-2H3,(H,18,21). The van der Waals surface area contributed by atoms with Crippen molar-refractivity contribution in [1.29, 1.82) is 0 Å². The third kappa shape index (κ3) is 3.43. The minimum Gasteiger partial charge on any atom is -0.329 e. The molecule has 3 rings (SSSR count). The highest BCUT2D eigenvalue weighted by atomic mass is 32.2. The lowest BCUT2D eigenvalue weighted by Crippen LogP contribution is -2.13. The maximum Gasteiger partial charge on any atom is 0.258 e. The molecule has 118 valence electrons. The zero-order valence-electron chi connectivity index (χ0n) is 12.4. The van der Waals surface area contributed by atoms with Gasteiger partial charge in [0.25, 0.3) is 5.91 Å². The molecule has 0 bridgehead atoms. The van der Waals surface area contributed by atoms with Crippen LogP contribution >= 0.6 is 23.3 Å². The van der Waals surface area contributed by atoms with Crippen LogP contribution in [-0.2, 0) is 7.05 Å². The maximum absolute atomic E-state index is 13.6. The Morgan fingerprint density at radius 2 is 2.26 bits per heavy atom. The van der Waals surface area contributed by atoms with Gasteiger partial charge in [-0.05, 0) is 48.4 Å². The van der Waals surface area contributed by atoms with Crippen LogP contribution in [0.3, 0.4) is 0 Å². The van der Waals surface area contributed by atoms with Crippen molar-refractivity contribution in [1.82, 2.24) is 13.9 Å². The summed E-state index contributed by atoms with van der Waals surface area (Å²) in [6, 6.07) is 4.29. The Hall–Kier alpha value is -2.19. The zero-order valence-corrected chi connectivity index (χ0v) is 14.0. The van der Waals surface area contributed by atoms with Gasteiger partial charge < -0.3 is 9.88 Å². The zero-order chi connectivity index (χ0) is 16.4. The summed E-state index contributed by atoms with van der Waals surface area (Å²) in [7, 11) is 1.87. The monoisotopic (exact) mass is 348 g/mol. The fourth-order valence-electron chi connectivity index (χ4n) is 1.94. The van der Waals surface area contributed by atoms with Crippen LogP contribution in [0.2, 0.25) is 0 Å². The number of hydrogen-bond donors (Lipinski definition) is 1. The van der Waals surface area contributed by atoms with E-state index in [1.807, 2.05) is 17.8 Å². The Bertz CT molecular complexity index is 859. The topological polar surface area (TPSA) is 59.8 Å². The van der Waals surface area contributed by atoms with Crippen LogP contribution in [0.1, 0.15) is 16.1 Å². The van der Waals surface area contributed by atoms with Crippen molar-refractivity contribution in [2.45, 2.75) is 17.0 Å². The molecule has 3 aromatic rings. The van der Waals surface area contributed by atoms with Gasteiger partial charge >= 0.3 is 0 Å². The SMILES string of the molecule is Cc1nscc1C(=O)Nc1cc(F)ccc1Sc1nccn1C. The first-order valence-electron chi connectivity index (χ1n) is 6.71. The second-order valence-corrected chi connectivity index (χ2v) is 6.47. The van der Waals surface area contributed by atoms with Crippen molar-refractivity contribution in [2.75, 3.05) is 5.32 Å². The molecular formula is C15H13FN4OS2. The lowest BCUT2D eigenvalue weighted by atomic mass is 10.2. The van der Waals surface area contributed by atoms with E-state index in [-0.39, 0.29) is 5.91 Å². The summed E-state index contributed by atoms with van der Waals surface area (Å²) in [5.74, 6) is -0.715. The summed E-state index contributed by atoms with van der Waals surface area (Å²) in [5, 5.41) is 5.18. The minimum atomic E-state index is -0.412. The summed E-state index contributed by atoms with van der Waals surface area (Å²) in [6.45, 7) is 1.76. The Morgan fingerprint density at radius 1 is 1.43 bits per heavy atom. The molecule has 0 radical (unpaired) electrons. The van der Waals surface area contributed by atoms with Gasteiger partial charge in [-0.1, -0.05) is 0 Å². The maximum atomic E-state index is 13.6. The number of nitrogens with one attached hydrogen (secondary N) is 1. The number of carbonyl (C=O) groups excluding carboxylic acids is 1. The second-order valence-electron chi connectivity index (χ2n) is 4.83. The number of anilines is 1. The fraction of sp³-hybridized carbons (Fsp3) is 0.133. The second kappa shape index (κ2) is 6.51. The molecule has 0 aliphatic heterocycles. The van der Waals surface area contributed by atoms with Crippen LogP contribution in [0.25, 0.3) is 0 Å². The Morgan fingerprint density at radius 3 is 2.91 bits per heavy atom. The lowest BCUT2D eigenvalue weighted by molar-refractivity contribution is 0.102. The predicted molar refractivity (Wildman–Crippen MR) is 88.5 cm³/mol. The quantitative estimate of drug-likeness (QED) is 0.780. The molecule has 23 heavy (non-hydrogen) atoms. The van der Waals surface area contributed by atoms with Crippen LogP contribution in [0.4, 0.5) is 10.1 Å². The lowest BCUT2D eigenvalue weighted by Gasteiger charge is -2.10. The van der Waals surface area contributed by atoms with Gasteiger partial charge in [0.2, 0.25) is 0 Å². The summed E-state index contributed by atoms with van der Waals surface area (Å²) < 4.78 is 19.5. The van der Waals surface area contributed by atoms with E-state index in [4.69, 9.17) is 0 Å². The van der Waals surface area contributed by atoms with Crippen LogP contribution < -0.4 is 5.32 Å². The number of rotatable bonds is 4. The van der Waals surface area contributed by atoms with E-state index >= 15 is 0 Å². The molecule has 2 aromatic heterocycles. The largest absolute Gasteiger partial charge is 0.329 e. The number of aromatic nitrogens is 3. The number of benzene rings is 1. The van der Waals surface area contributed by atoms with Crippen LogP contribution in [0.5, 0.6) is 0 Å². The van der Waals surface area contributed by atoms with E-state index in [9.17, 15) is 9.18 Å². The van der Waals surface area contributed by atoms with Crippen molar-refractivity contribution < 1.29 is 9.18 Å². The molecule has 0 saturated heterocycles. The van der Waals surface area contributed by atoms with Gasteiger partial charge in [0.1, 0.15) is 5.82 Å². The molecule has 0 atom stereocenters. The van der Waals surface area contributed by atoms with E-state index in [1.54, 1.807) is 24.6 Å². The third-order valence-electron chi connectivity index (χ3n) is 3.16. The first kappa shape index (κ1) is 15.7. The first-order chi connectivity index (χ1) is 11.0. The van der Waals surface area contributed by atoms with Gasteiger partial charge in [0.15, 0.2) is 5.16 Å². The normalized spacial score (nSPS) is 10.7. The number of hydrogen-bond acceptors (Lipinski definition) is 5. The number of imidazole rings is 1. The fourth-order valence-corrected chi connectivity index (χ4v) is 3.50. The number of carbonyl (C=O) groups is 1. The molecule has 0 saturated carbocycles. The van der Waals surface area contributed by atoms with Gasteiger partial charge in [-0.25, -0.2) is 9.37 Å². The van der Waals surface area contributed by atoms with Crippen LogP contribution in [0, 0.1) is 12.7 Å². The third-order valence-corrected chi connectivity index (χ3v) is 5.03. The molecule has 1 amide bonds. The summed E-state index contributed by atoms with van der Waals surface area (Å²) in [4.78, 5) is 17.3. The highest BCUT2D eigenvalue weighted by Gasteiger charge is 2.15. The minimum absolute atomic E-state index is 0.302. The molecular weight excluding hydrogens is 335 g/mol. The van der Waals surface area contributed by atoms with Crippen LogP contribution in [-0.4, -0.2) is 19.8 Å². The molecule has 0 unspecified atom stereocenters. The molecule has 0 fully saturated rings. The number of amides is 1. The molecule has 0 spiro atoms. The van der Waals surface area contributed by atoms with E-state index in [2.05, 4.69) is 14.7 Å². The predicted octanol–water partition coefficient (Wildman–Crippen LogP) is 3.73. The molecule has 2 heterocycles. The Balaban J connectivity index is 1.89. The van der Waals surface area contributed by atoms with Crippen molar-refractivity contribution in [3.8, 4) is 0 Å². The van der Waals surface area contributed by atoms with Crippen molar-refractivity contribution in [3.05, 3.63) is 53.0 Å². The summed E-state index contributed by atoms with van der Waals surface area (Å²) in [5.41, 5.74) is 1.56. The Labute approximate surface area is 140 Å². The van der Waals surface area contributed by atoms with E-state index in [1.165, 1.54) is 35.4 Å².